The number of aromatic hydroxyl groups is 1. The highest BCUT2D eigenvalue weighted by Crippen LogP contribution is 2.54. The third-order valence-corrected chi connectivity index (χ3v) is 10.4. The Bertz CT molecular complexity index is 1710. The van der Waals surface area contributed by atoms with Crippen LogP contribution in [0.2, 0.25) is 5.02 Å². The Balaban J connectivity index is 1.27. The van der Waals surface area contributed by atoms with Crippen molar-refractivity contribution in [3.8, 4) is 22.9 Å². The van der Waals surface area contributed by atoms with E-state index in [1.807, 2.05) is 24.3 Å². The first-order valence-corrected chi connectivity index (χ1v) is 15.5. The molecule has 4 aromatic rings. The van der Waals surface area contributed by atoms with Gasteiger partial charge in [-0.25, -0.2) is 4.39 Å². The van der Waals surface area contributed by atoms with Crippen LogP contribution in [0.4, 0.5) is 10.2 Å². The molecule has 9 heteroatoms. The molecule has 5 aliphatic rings. The molecule has 1 saturated carbocycles. The minimum atomic E-state index is -0.533. The molecule has 5 fully saturated rings. The summed E-state index contributed by atoms with van der Waals surface area (Å²) in [7, 11) is 2.16. The van der Waals surface area contributed by atoms with E-state index in [4.69, 9.17) is 26.3 Å². The molecule has 2 unspecified atom stereocenters. The molecule has 0 radical (unpaired) electrons. The number of likely N-dealkylation sites (N-methyl/N-ethyl adjacent to an activating group) is 1. The zero-order valence-corrected chi connectivity index (χ0v) is 24.5. The number of likely N-dealkylation sites (tertiary alicyclic amines) is 1. The molecule has 1 aliphatic carbocycles. The van der Waals surface area contributed by atoms with Crippen LogP contribution in [0.15, 0.2) is 42.5 Å². The van der Waals surface area contributed by atoms with Gasteiger partial charge < -0.3 is 20.1 Å². The molecule has 0 amide bonds. The standard InChI is InChI=1S/C33H35ClFN5O2/c1-39-18-33(9-10-33)14-22(39)17-42-32-37-30-26(31(38-32)40-16-20-6-4-7-21(40)15-36-20)13-27(34)28(29(30)35)25-12-23(41)11-19-5-2-3-8-24(19)25/h2-3,5,8,11-13,20-22,36,41H,4,6-7,9-10,14-18H2,1H3/t20?,21?,22-/m0/s1. The Labute approximate surface area is 249 Å². The maximum absolute atomic E-state index is 16.8. The lowest BCUT2D eigenvalue weighted by Crippen LogP contribution is -2.54. The first-order chi connectivity index (χ1) is 20.4. The van der Waals surface area contributed by atoms with E-state index in [1.54, 1.807) is 18.2 Å². The van der Waals surface area contributed by atoms with E-state index in [2.05, 4.69) is 22.2 Å². The Morgan fingerprint density at radius 1 is 1.14 bits per heavy atom. The summed E-state index contributed by atoms with van der Waals surface area (Å²) in [6, 6.07) is 13.7. The van der Waals surface area contributed by atoms with Crippen molar-refractivity contribution in [3.63, 3.8) is 0 Å². The number of phenols is 1. The van der Waals surface area contributed by atoms with Crippen molar-refractivity contribution in [2.75, 3.05) is 38.2 Å². The topological polar surface area (TPSA) is 73.8 Å². The fourth-order valence-corrected chi connectivity index (χ4v) is 7.93. The van der Waals surface area contributed by atoms with E-state index >= 15 is 4.39 Å². The number of fused-ring (bicyclic) bond motifs is 6. The average molecular weight is 588 g/mol. The smallest absolute Gasteiger partial charge is 0.319 e. The van der Waals surface area contributed by atoms with Crippen molar-refractivity contribution in [2.24, 2.45) is 5.41 Å². The van der Waals surface area contributed by atoms with E-state index in [-0.39, 0.29) is 39.9 Å². The van der Waals surface area contributed by atoms with Crippen LogP contribution >= 0.6 is 11.6 Å². The second kappa shape index (κ2) is 9.93. The monoisotopic (exact) mass is 587 g/mol. The zero-order chi connectivity index (χ0) is 28.6. The van der Waals surface area contributed by atoms with Crippen molar-refractivity contribution < 1.29 is 14.2 Å². The van der Waals surface area contributed by atoms with Gasteiger partial charge in [0.15, 0.2) is 5.82 Å². The van der Waals surface area contributed by atoms with Crippen LogP contribution in [0.3, 0.4) is 0 Å². The van der Waals surface area contributed by atoms with Crippen molar-refractivity contribution in [1.29, 1.82) is 0 Å². The summed E-state index contributed by atoms with van der Waals surface area (Å²) >= 11 is 6.91. The van der Waals surface area contributed by atoms with Crippen LogP contribution in [-0.2, 0) is 0 Å². The first kappa shape index (κ1) is 26.4. The third kappa shape index (κ3) is 4.46. The second-order valence-corrected chi connectivity index (χ2v) is 13.3. The van der Waals surface area contributed by atoms with Crippen molar-refractivity contribution in [2.45, 2.75) is 56.7 Å². The van der Waals surface area contributed by atoms with Crippen LogP contribution in [0, 0.1) is 11.2 Å². The summed E-state index contributed by atoms with van der Waals surface area (Å²) in [4.78, 5) is 14.3. The van der Waals surface area contributed by atoms with Crippen LogP contribution < -0.4 is 15.0 Å². The number of hydrogen-bond acceptors (Lipinski definition) is 7. The van der Waals surface area contributed by atoms with Gasteiger partial charge >= 0.3 is 6.01 Å². The van der Waals surface area contributed by atoms with E-state index in [1.165, 1.54) is 12.8 Å². The molecule has 1 spiro atoms. The van der Waals surface area contributed by atoms with Gasteiger partial charge in [0, 0.05) is 48.7 Å². The molecule has 2 bridgehead atoms. The van der Waals surface area contributed by atoms with Gasteiger partial charge in [-0.1, -0.05) is 35.9 Å². The number of nitrogens with zero attached hydrogens (tertiary/aromatic N) is 4. The molecule has 3 aromatic carbocycles. The number of anilines is 1. The van der Waals surface area contributed by atoms with Gasteiger partial charge in [0.25, 0.3) is 0 Å². The number of phenolic OH excluding ortho intramolecular Hbond substituents is 1. The van der Waals surface area contributed by atoms with Gasteiger partial charge in [0.05, 0.1) is 5.02 Å². The Hall–Kier alpha value is -3.20. The molecule has 4 saturated heterocycles. The molecule has 1 aromatic heterocycles. The highest BCUT2D eigenvalue weighted by Gasteiger charge is 2.50. The summed E-state index contributed by atoms with van der Waals surface area (Å²) < 4.78 is 23.1. The van der Waals surface area contributed by atoms with Gasteiger partial charge in [-0.3, -0.25) is 4.90 Å². The highest BCUT2D eigenvalue weighted by molar-refractivity contribution is 6.35. The maximum Gasteiger partial charge on any atom is 0.319 e. The number of piperazine rings is 1. The molecule has 218 valence electrons. The highest BCUT2D eigenvalue weighted by atomic mass is 35.5. The number of rotatable bonds is 5. The molecular formula is C33H35ClFN5O2. The predicted molar refractivity (Wildman–Crippen MR) is 164 cm³/mol. The SMILES string of the molecule is CN1CC2(CC2)C[C@H]1COc1nc(N2CC3CCCC2CN3)c2cc(Cl)c(-c3cc(O)cc4ccccc34)c(F)c2n1. The van der Waals surface area contributed by atoms with E-state index < -0.39 is 5.82 Å². The van der Waals surface area contributed by atoms with Gasteiger partial charge in [0.2, 0.25) is 0 Å². The fraction of sp³-hybridized carbons (Fsp3) is 0.455. The lowest BCUT2D eigenvalue weighted by atomic mass is 9.96. The lowest BCUT2D eigenvalue weighted by Gasteiger charge is -2.38. The number of aromatic nitrogens is 2. The summed E-state index contributed by atoms with van der Waals surface area (Å²) in [5, 5.41) is 16.6. The van der Waals surface area contributed by atoms with Gasteiger partial charge in [0.1, 0.15) is 23.7 Å². The van der Waals surface area contributed by atoms with E-state index in [0.29, 0.717) is 34.8 Å². The fourth-order valence-electron chi connectivity index (χ4n) is 7.64. The minimum Gasteiger partial charge on any atom is -0.508 e. The third-order valence-electron chi connectivity index (χ3n) is 10.1. The summed E-state index contributed by atoms with van der Waals surface area (Å²) in [5.41, 5.74) is 1.39. The average Bonchev–Trinajstić information content (AvgIpc) is 3.74. The van der Waals surface area contributed by atoms with Crippen LogP contribution in [0.5, 0.6) is 11.8 Å². The minimum absolute atomic E-state index is 0.0499. The maximum atomic E-state index is 16.8. The van der Waals surface area contributed by atoms with E-state index in [9.17, 15) is 5.11 Å². The summed E-state index contributed by atoms with van der Waals surface area (Å²) in [5.74, 6) is 0.198. The summed E-state index contributed by atoms with van der Waals surface area (Å²) in [6.45, 7) is 3.23. The molecular weight excluding hydrogens is 553 g/mol. The quantitative estimate of drug-likeness (QED) is 0.290. The number of nitrogens with one attached hydrogen (secondary N) is 1. The number of hydrogen-bond donors (Lipinski definition) is 2. The van der Waals surface area contributed by atoms with Gasteiger partial charge in [-0.05, 0) is 85.5 Å². The normalized spacial score (nSPS) is 25.0. The molecule has 2 N–H and O–H groups in total. The van der Waals surface area contributed by atoms with E-state index in [0.717, 1.165) is 56.1 Å². The van der Waals surface area contributed by atoms with Crippen molar-refractivity contribution in [1.82, 2.24) is 20.2 Å². The molecule has 42 heavy (non-hydrogen) atoms. The molecule has 4 aliphatic heterocycles. The number of halogens is 2. The summed E-state index contributed by atoms with van der Waals surface area (Å²) in [6.07, 6.45) is 6.99. The van der Waals surface area contributed by atoms with Crippen molar-refractivity contribution >= 4 is 39.1 Å². The van der Waals surface area contributed by atoms with Crippen LogP contribution in [0.25, 0.3) is 32.8 Å². The number of ether oxygens (including phenoxy) is 1. The Morgan fingerprint density at radius 2 is 2.00 bits per heavy atom. The largest absolute Gasteiger partial charge is 0.508 e. The Morgan fingerprint density at radius 3 is 2.83 bits per heavy atom. The lowest BCUT2D eigenvalue weighted by molar-refractivity contribution is 0.188. The van der Waals surface area contributed by atoms with Crippen LogP contribution in [0.1, 0.15) is 38.5 Å². The number of benzene rings is 3. The van der Waals surface area contributed by atoms with Gasteiger partial charge in [-0.15, -0.1) is 0 Å². The van der Waals surface area contributed by atoms with Gasteiger partial charge in [-0.2, -0.15) is 9.97 Å². The molecule has 3 atom stereocenters. The molecule has 9 rings (SSSR count). The zero-order valence-electron chi connectivity index (χ0n) is 23.7. The molecule has 7 nitrogen and oxygen atoms in total. The van der Waals surface area contributed by atoms with Crippen molar-refractivity contribution in [3.05, 3.63) is 53.3 Å². The Kier molecular flexibility index (Phi) is 6.25. The van der Waals surface area contributed by atoms with Crippen LogP contribution in [-0.4, -0.2) is 71.4 Å². The second-order valence-electron chi connectivity index (χ2n) is 12.9. The predicted octanol–water partition coefficient (Wildman–Crippen LogP) is 6.14. The molecule has 5 heterocycles. The first-order valence-electron chi connectivity index (χ1n) is 15.1.